The van der Waals surface area contributed by atoms with Gasteiger partial charge in [-0.05, 0) is 37.3 Å². The first-order chi connectivity index (χ1) is 9.30. The van der Waals surface area contributed by atoms with Crippen LogP contribution in [0.1, 0.15) is 29.8 Å². The molecule has 0 bridgehead atoms. The van der Waals surface area contributed by atoms with Crippen molar-refractivity contribution in [2.75, 3.05) is 13.1 Å². The molecule has 1 aromatic rings. The normalized spacial score (nSPS) is 20.6. The first-order valence-electron chi connectivity index (χ1n) is 6.60. The Morgan fingerprint density at radius 1 is 1.40 bits per heavy atom. The molecule has 2 unspecified atom stereocenters. The van der Waals surface area contributed by atoms with E-state index in [1.165, 1.54) is 6.08 Å². The molecule has 0 radical (unpaired) electrons. The van der Waals surface area contributed by atoms with Crippen LogP contribution in [0, 0.1) is 6.92 Å². The van der Waals surface area contributed by atoms with Gasteiger partial charge in [-0.2, -0.15) is 13.2 Å². The van der Waals surface area contributed by atoms with Crippen molar-refractivity contribution in [1.29, 1.82) is 0 Å². The van der Waals surface area contributed by atoms with E-state index in [2.05, 4.69) is 0 Å². The zero-order chi connectivity index (χ0) is 14.9. The predicted molar refractivity (Wildman–Crippen MR) is 75.8 cm³/mol. The summed E-state index contributed by atoms with van der Waals surface area (Å²) in [6.45, 7) is 4.63. The molecule has 0 aliphatic carbocycles. The monoisotopic (exact) mass is 304 g/mol. The standard InChI is InChI=1S/C14H19F3N2S/c1-9-5-8-20-13(9)12(10(2)18)19-6-3-11(4-7-19)14(15,16)17/h3,5,8,10,12H,4,6-7,18H2,1-2H3. The van der Waals surface area contributed by atoms with Crippen LogP contribution >= 0.6 is 11.3 Å². The fourth-order valence-corrected chi connectivity index (χ4v) is 3.80. The molecular formula is C14H19F3N2S. The summed E-state index contributed by atoms with van der Waals surface area (Å²) >= 11 is 1.62. The Labute approximate surface area is 121 Å². The summed E-state index contributed by atoms with van der Waals surface area (Å²) in [4.78, 5) is 3.20. The van der Waals surface area contributed by atoms with Gasteiger partial charge in [-0.3, -0.25) is 4.90 Å². The van der Waals surface area contributed by atoms with Gasteiger partial charge in [0.2, 0.25) is 0 Å². The van der Waals surface area contributed by atoms with E-state index in [4.69, 9.17) is 5.73 Å². The smallest absolute Gasteiger partial charge is 0.326 e. The summed E-state index contributed by atoms with van der Waals surface area (Å²) in [5.74, 6) is 0. The van der Waals surface area contributed by atoms with Crippen LogP contribution in [-0.2, 0) is 0 Å². The maximum atomic E-state index is 12.7. The zero-order valence-electron chi connectivity index (χ0n) is 11.6. The van der Waals surface area contributed by atoms with E-state index >= 15 is 0 Å². The lowest BCUT2D eigenvalue weighted by atomic mass is 10.00. The molecule has 2 rings (SSSR count). The van der Waals surface area contributed by atoms with E-state index < -0.39 is 11.7 Å². The molecule has 1 aliphatic heterocycles. The fourth-order valence-electron chi connectivity index (χ4n) is 2.62. The number of halogens is 3. The molecule has 0 aromatic carbocycles. The predicted octanol–water partition coefficient (Wildman–Crippen LogP) is 3.64. The van der Waals surface area contributed by atoms with Crippen molar-refractivity contribution in [2.45, 2.75) is 38.5 Å². The summed E-state index contributed by atoms with van der Waals surface area (Å²) in [6.07, 6.45) is -2.87. The molecule has 2 heterocycles. The summed E-state index contributed by atoms with van der Waals surface area (Å²) in [6, 6.07) is 1.89. The van der Waals surface area contributed by atoms with Gasteiger partial charge >= 0.3 is 6.18 Å². The number of hydrogen-bond acceptors (Lipinski definition) is 3. The quantitative estimate of drug-likeness (QED) is 0.864. The lowest BCUT2D eigenvalue weighted by Crippen LogP contribution is -2.42. The number of thiophene rings is 1. The molecule has 2 nitrogen and oxygen atoms in total. The molecule has 2 atom stereocenters. The second-order valence-corrected chi connectivity index (χ2v) is 6.19. The van der Waals surface area contributed by atoms with Crippen molar-refractivity contribution in [3.05, 3.63) is 33.5 Å². The highest BCUT2D eigenvalue weighted by atomic mass is 32.1. The SMILES string of the molecule is Cc1ccsc1C(C(C)N)N1CC=C(C(F)(F)F)CC1. The van der Waals surface area contributed by atoms with Gasteiger partial charge in [0.1, 0.15) is 0 Å². The number of nitrogens with zero attached hydrogens (tertiary/aromatic N) is 1. The van der Waals surface area contributed by atoms with Crippen LogP contribution in [0.4, 0.5) is 13.2 Å². The van der Waals surface area contributed by atoms with E-state index in [1.807, 2.05) is 30.2 Å². The fraction of sp³-hybridized carbons (Fsp3) is 0.571. The Morgan fingerprint density at radius 3 is 2.50 bits per heavy atom. The van der Waals surface area contributed by atoms with E-state index in [9.17, 15) is 13.2 Å². The number of nitrogens with two attached hydrogens (primary N) is 1. The maximum Gasteiger partial charge on any atom is 0.412 e. The third-order valence-corrected chi connectivity index (χ3v) is 4.76. The summed E-state index contributed by atoms with van der Waals surface area (Å²) in [7, 11) is 0. The first-order valence-corrected chi connectivity index (χ1v) is 7.48. The summed E-state index contributed by atoms with van der Waals surface area (Å²) in [5, 5.41) is 2.00. The van der Waals surface area contributed by atoms with Gasteiger partial charge in [0.25, 0.3) is 0 Å². The van der Waals surface area contributed by atoms with Gasteiger partial charge in [0.05, 0.1) is 6.04 Å². The van der Waals surface area contributed by atoms with Gasteiger partial charge in [0, 0.05) is 29.6 Å². The number of alkyl halides is 3. The molecule has 0 saturated heterocycles. The van der Waals surface area contributed by atoms with E-state index in [-0.39, 0.29) is 18.5 Å². The van der Waals surface area contributed by atoms with Gasteiger partial charge in [0.15, 0.2) is 0 Å². The highest BCUT2D eigenvalue weighted by Crippen LogP contribution is 2.35. The van der Waals surface area contributed by atoms with E-state index in [0.717, 1.165) is 10.4 Å². The van der Waals surface area contributed by atoms with Crippen molar-refractivity contribution in [3.63, 3.8) is 0 Å². The lowest BCUT2D eigenvalue weighted by molar-refractivity contribution is -0.0964. The van der Waals surface area contributed by atoms with Crippen molar-refractivity contribution in [2.24, 2.45) is 5.73 Å². The molecular weight excluding hydrogens is 285 g/mol. The van der Waals surface area contributed by atoms with Crippen LogP contribution < -0.4 is 5.73 Å². The Bertz CT molecular complexity index is 491. The highest BCUT2D eigenvalue weighted by molar-refractivity contribution is 7.10. The topological polar surface area (TPSA) is 29.3 Å². The largest absolute Gasteiger partial charge is 0.412 e. The Morgan fingerprint density at radius 2 is 2.10 bits per heavy atom. The average molecular weight is 304 g/mol. The molecule has 112 valence electrons. The Balaban J connectivity index is 2.18. The molecule has 1 aromatic heterocycles. The maximum absolute atomic E-state index is 12.7. The van der Waals surface area contributed by atoms with Crippen molar-refractivity contribution in [1.82, 2.24) is 4.90 Å². The minimum Gasteiger partial charge on any atom is -0.326 e. The van der Waals surface area contributed by atoms with Crippen LogP contribution in [0.3, 0.4) is 0 Å². The Kier molecular flexibility index (Phi) is 4.56. The molecule has 0 saturated carbocycles. The van der Waals surface area contributed by atoms with Crippen LogP contribution in [0.2, 0.25) is 0 Å². The second kappa shape index (κ2) is 5.87. The minimum absolute atomic E-state index is 0.0129. The minimum atomic E-state index is -4.20. The molecule has 0 amide bonds. The van der Waals surface area contributed by atoms with Crippen LogP contribution in [0.15, 0.2) is 23.1 Å². The van der Waals surface area contributed by atoms with Gasteiger partial charge in [-0.25, -0.2) is 0 Å². The second-order valence-electron chi connectivity index (χ2n) is 5.24. The van der Waals surface area contributed by atoms with Gasteiger partial charge in [-0.1, -0.05) is 6.08 Å². The number of hydrogen-bond donors (Lipinski definition) is 1. The van der Waals surface area contributed by atoms with Gasteiger partial charge in [-0.15, -0.1) is 11.3 Å². The average Bonchev–Trinajstić information content (AvgIpc) is 2.75. The van der Waals surface area contributed by atoms with Gasteiger partial charge < -0.3 is 5.73 Å². The zero-order valence-corrected chi connectivity index (χ0v) is 12.4. The number of rotatable bonds is 3. The molecule has 0 fully saturated rings. The molecule has 6 heteroatoms. The van der Waals surface area contributed by atoms with Crippen LogP contribution in [0.25, 0.3) is 0 Å². The highest BCUT2D eigenvalue weighted by Gasteiger charge is 2.36. The van der Waals surface area contributed by atoms with Crippen molar-refractivity contribution in [3.8, 4) is 0 Å². The number of aryl methyl sites for hydroxylation is 1. The van der Waals surface area contributed by atoms with E-state index in [0.29, 0.717) is 13.1 Å². The van der Waals surface area contributed by atoms with Crippen molar-refractivity contribution >= 4 is 11.3 Å². The Hall–Kier alpha value is -0.850. The first kappa shape index (κ1) is 15.5. The molecule has 20 heavy (non-hydrogen) atoms. The van der Waals surface area contributed by atoms with Crippen LogP contribution in [-0.4, -0.2) is 30.2 Å². The lowest BCUT2D eigenvalue weighted by Gasteiger charge is -2.36. The van der Waals surface area contributed by atoms with Crippen LogP contribution in [0.5, 0.6) is 0 Å². The summed E-state index contributed by atoms with van der Waals surface area (Å²) in [5.41, 5.74) is 6.81. The third kappa shape index (κ3) is 3.24. The molecule has 2 N–H and O–H groups in total. The van der Waals surface area contributed by atoms with E-state index in [1.54, 1.807) is 11.3 Å². The third-order valence-electron chi connectivity index (χ3n) is 3.67. The molecule has 1 aliphatic rings. The molecule has 0 spiro atoms. The van der Waals surface area contributed by atoms with Crippen molar-refractivity contribution < 1.29 is 13.2 Å². The summed E-state index contributed by atoms with van der Waals surface area (Å²) < 4.78 is 38.0.